The van der Waals surface area contributed by atoms with Crippen LogP contribution in [0.4, 0.5) is 0 Å². The second-order valence-electron chi connectivity index (χ2n) is 4.78. The second kappa shape index (κ2) is 4.97. The summed E-state index contributed by atoms with van der Waals surface area (Å²) in [7, 11) is 0. The van der Waals surface area contributed by atoms with Crippen molar-refractivity contribution in [1.29, 1.82) is 0 Å². The van der Waals surface area contributed by atoms with Gasteiger partial charge in [0.1, 0.15) is 0 Å². The molecule has 1 N–H and O–H groups in total. The maximum Gasteiger partial charge on any atom is 0.241 e. The lowest BCUT2D eigenvalue weighted by atomic mass is 10.0. The molecule has 1 saturated heterocycles. The summed E-state index contributed by atoms with van der Waals surface area (Å²) in [5.74, 6) is 0.797. The molecule has 0 aromatic carbocycles. The van der Waals surface area contributed by atoms with Crippen LogP contribution in [0.2, 0.25) is 0 Å². The molecule has 3 atom stereocenters. The Balaban J connectivity index is 2.80. The van der Waals surface area contributed by atoms with Crippen LogP contribution in [-0.2, 0) is 4.79 Å². The molecule has 0 aromatic heterocycles. The first-order valence-electron chi connectivity index (χ1n) is 6.11. The van der Waals surface area contributed by atoms with Gasteiger partial charge < -0.3 is 4.90 Å². The topological polar surface area (TPSA) is 32.3 Å². The first kappa shape index (κ1) is 12.5. The van der Waals surface area contributed by atoms with Crippen LogP contribution in [0.15, 0.2) is 0 Å². The highest BCUT2D eigenvalue weighted by Gasteiger charge is 2.39. The molecule has 1 heterocycles. The van der Waals surface area contributed by atoms with Gasteiger partial charge in [0.15, 0.2) is 0 Å². The summed E-state index contributed by atoms with van der Waals surface area (Å²) in [6, 6.07) is 0.364. The Kier molecular flexibility index (Phi) is 4.14. The summed E-state index contributed by atoms with van der Waals surface area (Å²) in [4.78, 5) is 14.2. The zero-order valence-corrected chi connectivity index (χ0v) is 10.6. The Morgan fingerprint density at radius 2 is 1.87 bits per heavy atom. The van der Waals surface area contributed by atoms with Crippen LogP contribution >= 0.6 is 0 Å². The summed E-state index contributed by atoms with van der Waals surface area (Å²) in [5, 5.41) is 3.40. The minimum absolute atomic E-state index is 0.0381. The molecule has 1 aliphatic rings. The third-order valence-electron chi connectivity index (χ3n) is 3.48. The standard InChI is InChI=1S/C12H24N2O/c1-6-10-12(15)14(9(5)8(3)4)11(7-2)13-10/h8-11,13H,6-7H2,1-5H3. The molecule has 0 spiro atoms. The SMILES string of the molecule is CCC1NC(CC)N(C(C)C(C)C)C1=O. The van der Waals surface area contributed by atoms with Gasteiger partial charge >= 0.3 is 0 Å². The van der Waals surface area contributed by atoms with Crippen molar-refractivity contribution in [2.24, 2.45) is 5.92 Å². The third-order valence-corrected chi connectivity index (χ3v) is 3.48. The van der Waals surface area contributed by atoms with Crippen molar-refractivity contribution in [2.45, 2.75) is 65.7 Å². The summed E-state index contributed by atoms with van der Waals surface area (Å²) < 4.78 is 0. The summed E-state index contributed by atoms with van der Waals surface area (Å²) in [6.45, 7) is 10.7. The zero-order valence-electron chi connectivity index (χ0n) is 10.6. The lowest BCUT2D eigenvalue weighted by molar-refractivity contribution is -0.132. The highest BCUT2D eigenvalue weighted by atomic mass is 16.2. The number of hydrogen-bond acceptors (Lipinski definition) is 2. The molecule has 0 radical (unpaired) electrons. The summed E-state index contributed by atoms with van der Waals surface area (Å²) in [5.41, 5.74) is 0. The minimum atomic E-state index is 0.0381. The van der Waals surface area contributed by atoms with E-state index < -0.39 is 0 Å². The molecule has 3 nitrogen and oxygen atoms in total. The van der Waals surface area contributed by atoms with E-state index in [1.54, 1.807) is 0 Å². The lowest BCUT2D eigenvalue weighted by Crippen LogP contribution is -2.45. The average molecular weight is 212 g/mol. The van der Waals surface area contributed by atoms with Crippen LogP contribution in [-0.4, -0.2) is 29.1 Å². The van der Waals surface area contributed by atoms with E-state index in [0.29, 0.717) is 12.0 Å². The van der Waals surface area contributed by atoms with E-state index in [1.165, 1.54) is 0 Å². The van der Waals surface area contributed by atoms with Gasteiger partial charge in [-0.05, 0) is 25.7 Å². The molecule has 3 heteroatoms. The van der Waals surface area contributed by atoms with Crippen LogP contribution in [0.3, 0.4) is 0 Å². The van der Waals surface area contributed by atoms with Crippen LogP contribution in [0.1, 0.15) is 47.5 Å². The van der Waals surface area contributed by atoms with Crippen LogP contribution in [0.25, 0.3) is 0 Å². The Morgan fingerprint density at radius 1 is 1.27 bits per heavy atom. The number of nitrogens with zero attached hydrogens (tertiary/aromatic N) is 1. The van der Waals surface area contributed by atoms with Crippen molar-refractivity contribution < 1.29 is 4.79 Å². The molecule has 0 aromatic rings. The number of hydrogen-bond donors (Lipinski definition) is 1. The quantitative estimate of drug-likeness (QED) is 0.773. The van der Waals surface area contributed by atoms with E-state index in [1.807, 2.05) is 4.90 Å². The van der Waals surface area contributed by atoms with Gasteiger partial charge in [0.05, 0.1) is 12.2 Å². The molecular formula is C12H24N2O. The van der Waals surface area contributed by atoms with Crippen molar-refractivity contribution in [1.82, 2.24) is 10.2 Å². The van der Waals surface area contributed by atoms with Gasteiger partial charge in [-0.25, -0.2) is 0 Å². The van der Waals surface area contributed by atoms with Gasteiger partial charge in [-0.2, -0.15) is 0 Å². The fourth-order valence-electron chi connectivity index (χ4n) is 2.13. The van der Waals surface area contributed by atoms with Gasteiger partial charge in [0.25, 0.3) is 0 Å². The molecule has 1 rings (SSSR count). The lowest BCUT2D eigenvalue weighted by Gasteiger charge is -2.32. The predicted octanol–water partition coefficient (Wildman–Crippen LogP) is 1.98. The maximum absolute atomic E-state index is 12.1. The molecule has 1 aliphatic heterocycles. The molecule has 0 saturated carbocycles. The fourth-order valence-corrected chi connectivity index (χ4v) is 2.13. The molecule has 15 heavy (non-hydrogen) atoms. The minimum Gasteiger partial charge on any atom is -0.323 e. The Bertz CT molecular complexity index is 228. The highest BCUT2D eigenvalue weighted by Crippen LogP contribution is 2.22. The van der Waals surface area contributed by atoms with Crippen molar-refractivity contribution in [3.8, 4) is 0 Å². The molecule has 0 bridgehead atoms. The van der Waals surface area contributed by atoms with Gasteiger partial charge in [0, 0.05) is 6.04 Å². The number of rotatable bonds is 4. The van der Waals surface area contributed by atoms with E-state index >= 15 is 0 Å². The number of amides is 1. The van der Waals surface area contributed by atoms with E-state index in [4.69, 9.17) is 0 Å². The second-order valence-corrected chi connectivity index (χ2v) is 4.78. The molecule has 3 unspecified atom stereocenters. The van der Waals surface area contributed by atoms with Crippen LogP contribution in [0.5, 0.6) is 0 Å². The first-order valence-corrected chi connectivity index (χ1v) is 6.11. The molecule has 1 fully saturated rings. The largest absolute Gasteiger partial charge is 0.323 e. The fraction of sp³-hybridized carbons (Fsp3) is 0.917. The van der Waals surface area contributed by atoms with E-state index in [-0.39, 0.29) is 18.1 Å². The monoisotopic (exact) mass is 212 g/mol. The zero-order chi connectivity index (χ0) is 11.6. The van der Waals surface area contributed by atoms with Crippen LogP contribution in [0, 0.1) is 5.92 Å². The Morgan fingerprint density at radius 3 is 2.27 bits per heavy atom. The first-order chi connectivity index (χ1) is 7.02. The summed E-state index contributed by atoms with van der Waals surface area (Å²) >= 11 is 0. The van der Waals surface area contributed by atoms with Crippen molar-refractivity contribution >= 4 is 5.91 Å². The van der Waals surface area contributed by atoms with E-state index in [2.05, 4.69) is 39.9 Å². The highest BCUT2D eigenvalue weighted by molar-refractivity contribution is 5.84. The third kappa shape index (κ3) is 2.33. The number of nitrogens with one attached hydrogen (secondary N) is 1. The maximum atomic E-state index is 12.1. The Labute approximate surface area is 93.2 Å². The molecule has 0 aliphatic carbocycles. The number of carbonyl (C=O) groups is 1. The Hall–Kier alpha value is -0.570. The molecule has 1 amide bonds. The van der Waals surface area contributed by atoms with E-state index in [0.717, 1.165) is 12.8 Å². The smallest absolute Gasteiger partial charge is 0.241 e. The van der Waals surface area contributed by atoms with Gasteiger partial charge in [-0.1, -0.05) is 27.7 Å². The summed E-state index contributed by atoms with van der Waals surface area (Å²) in [6.07, 6.45) is 2.11. The molecular weight excluding hydrogens is 188 g/mol. The molecule has 88 valence electrons. The number of carbonyl (C=O) groups excluding carboxylic acids is 1. The van der Waals surface area contributed by atoms with Crippen molar-refractivity contribution in [3.05, 3.63) is 0 Å². The van der Waals surface area contributed by atoms with Crippen molar-refractivity contribution in [3.63, 3.8) is 0 Å². The average Bonchev–Trinajstić information content (AvgIpc) is 2.53. The predicted molar refractivity (Wildman–Crippen MR) is 62.4 cm³/mol. The van der Waals surface area contributed by atoms with Gasteiger partial charge in [-0.3, -0.25) is 10.1 Å². The van der Waals surface area contributed by atoms with Gasteiger partial charge in [-0.15, -0.1) is 0 Å². The van der Waals surface area contributed by atoms with E-state index in [9.17, 15) is 4.79 Å². The van der Waals surface area contributed by atoms with Gasteiger partial charge in [0.2, 0.25) is 5.91 Å². The van der Waals surface area contributed by atoms with Crippen LogP contribution < -0.4 is 5.32 Å². The normalized spacial score (nSPS) is 28.9. The van der Waals surface area contributed by atoms with Crippen molar-refractivity contribution in [2.75, 3.05) is 0 Å².